The maximum atomic E-state index is 10.7. The van der Waals surface area contributed by atoms with E-state index < -0.39 is 22.3 Å². The standard InChI is InChI=1S/C8H9N3O4/c1-4(12)10-5-2-6(11(14)15)8(9)7(13)3-5/h2-3,13H,9H2,1H3,(H,10,12). The summed E-state index contributed by atoms with van der Waals surface area (Å²) >= 11 is 0. The van der Waals surface area contributed by atoms with E-state index in [1.54, 1.807) is 0 Å². The van der Waals surface area contributed by atoms with Crippen LogP contribution in [-0.4, -0.2) is 15.9 Å². The SMILES string of the molecule is CC(=O)Nc1cc(O)c(N)c([N+](=O)[O-])c1. The molecule has 0 spiro atoms. The van der Waals surface area contributed by atoms with Gasteiger partial charge in [-0.25, -0.2) is 0 Å². The van der Waals surface area contributed by atoms with Crippen molar-refractivity contribution < 1.29 is 14.8 Å². The predicted molar refractivity (Wildman–Crippen MR) is 53.5 cm³/mol. The first-order valence-corrected chi connectivity index (χ1v) is 3.96. The summed E-state index contributed by atoms with van der Waals surface area (Å²) in [6.45, 7) is 1.25. The van der Waals surface area contributed by atoms with E-state index in [4.69, 9.17) is 5.73 Å². The lowest BCUT2D eigenvalue weighted by molar-refractivity contribution is -0.383. The van der Waals surface area contributed by atoms with Gasteiger partial charge in [0.2, 0.25) is 5.91 Å². The van der Waals surface area contributed by atoms with Gasteiger partial charge in [0, 0.05) is 19.1 Å². The first kappa shape index (κ1) is 10.8. The van der Waals surface area contributed by atoms with E-state index in [0.29, 0.717) is 0 Å². The fourth-order valence-electron chi connectivity index (χ4n) is 1.05. The molecule has 1 amide bonds. The Bertz CT molecular complexity index is 430. The summed E-state index contributed by atoms with van der Waals surface area (Å²) in [5.41, 5.74) is 4.63. The zero-order chi connectivity index (χ0) is 11.6. The average Bonchev–Trinajstić information content (AvgIpc) is 2.09. The molecule has 0 aliphatic carbocycles. The highest BCUT2D eigenvalue weighted by Gasteiger charge is 2.17. The number of nitrogens with zero attached hydrogens (tertiary/aromatic N) is 1. The van der Waals surface area contributed by atoms with Crippen molar-refractivity contribution in [3.63, 3.8) is 0 Å². The molecule has 0 unspecified atom stereocenters. The number of phenolic OH excluding ortho intramolecular Hbond substituents is 1. The zero-order valence-electron chi connectivity index (χ0n) is 7.85. The Hall–Kier alpha value is -2.31. The highest BCUT2D eigenvalue weighted by Crippen LogP contribution is 2.34. The Morgan fingerprint density at radius 3 is 2.67 bits per heavy atom. The quantitative estimate of drug-likeness (QED) is 0.290. The van der Waals surface area contributed by atoms with Gasteiger partial charge in [-0.2, -0.15) is 0 Å². The molecule has 0 atom stereocenters. The number of hydrogen-bond donors (Lipinski definition) is 3. The van der Waals surface area contributed by atoms with Gasteiger partial charge in [0.25, 0.3) is 5.69 Å². The molecule has 0 aliphatic rings. The summed E-state index contributed by atoms with van der Waals surface area (Å²) in [5, 5.41) is 22.1. The van der Waals surface area contributed by atoms with Gasteiger partial charge in [-0.05, 0) is 0 Å². The van der Waals surface area contributed by atoms with Gasteiger partial charge in [0.05, 0.1) is 10.6 Å². The maximum absolute atomic E-state index is 10.7. The minimum Gasteiger partial charge on any atom is -0.505 e. The van der Waals surface area contributed by atoms with Gasteiger partial charge >= 0.3 is 0 Å². The second-order valence-electron chi connectivity index (χ2n) is 2.87. The maximum Gasteiger partial charge on any atom is 0.298 e. The molecule has 0 saturated carbocycles. The second kappa shape index (κ2) is 3.82. The third kappa shape index (κ3) is 2.33. The third-order valence-electron chi connectivity index (χ3n) is 1.65. The third-order valence-corrected chi connectivity index (χ3v) is 1.65. The van der Waals surface area contributed by atoms with Crippen LogP contribution >= 0.6 is 0 Å². The Kier molecular flexibility index (Phi) is 2.75. The van der Waals surface area contributed by atoms with Crippen LogP contribution in [-0.2, 0) is 4.79 Å². The predicted octanol–water partition coefficient (Wildman–Crippen LogP) is 0.841. The van der Waals surface area contributed by atoms with E-state index in [0.717, 1.165) is 12.1 Å². The topological polar surface area (TPSA) is 118 Å². The summed E-state index contributed by atoms with van der Waals surface area (Å²) in [5.74, 6) is -0.832. The van der Waals surface area contributed by atoms with Gasteiger partial charge in [-0.1, -0.05) is 0 Å². The number of phenols is 1. The Morgan fingerprint density at radius 1 is 1.60 bits per heavy atom. The van der Waals surface area contributed by atoms with Gasteiger partial charge in [0.15, 0.2) is 5.69 Å². The lowest BCUT2D eigenvalue weighted by Gasteiger charge is -2.05. The lowest BCUT2D eigenvalue weighted by atomic mass is 10.2. The minimum atomic E-state index is -0.736. The molecule has 0 aliphatic heterocycles. The molecule has 1 aromatic rings. The number of carbonyl (C=O) groups is 1. The number of hydrogen-bond acceptors (Lipinski definition) is 5. The van der Waals surface area contributed by atoms with Crippen LogP contribution in [0.2, 0.25) is 0 Å². The lowest BCUT2D eigenvalue weighted by Crippen LogP contribution is -2.06. The summed E-state index contributed by atoms with van der Waals surface area (Å²) in [4.78, 5) is 20.5. The van der Waals surface area contributed by atoms with Gasteiger partial charge in [-0.3, -0.25) is 14.9 Å². The van der Waals surface area contributed by atoms with Crippen LogP contribution in [0.25, 0.3) is 0 Å². The first-order chi connectivity index (χ1) is 6.91. The van der Waals surface area contributed by atoms with Crippen molar-refractivity contribution in [1.82, 2.24) is 0 Å². The number of anilines is 2. The van der Waals surface area contributed by atoms with Crippen LogP contribution in [0.1, 0.15) is 6.92 Å². The highest BCUT2D eigenvalue weighted by molar-refractivity contribution is 5.90. The number of aromatic hydroxyl groups is 1. The molecule has 0 heterocycles. The molecule has 7 nitrogen and oxygen atoms in total. The van der Waals surface area contributed by atoms with Crippen LogP contribution in [0.5, 0.6) is 5.75 Å². The number of benzene rings is 1. The van der Waals surface area contributed by atoms with Crippen molar-refractivity contribution in [1.29, 1.82) is 0 Å². The molecule has 7 heteroatoms. The van der Waals surface area contributed by atoms with E-state index in [9.17, 15) is 20.0 Å². The fourth-order valence-corrected chi connectivity index (χ4v) is 1.05. The number of rotatable bonds is 2. The molecule has 4 N–H and O–H groups in total. The first-order valence-electron chi connectivity index (χ1n) is 3.96. The van der Waals surface area contributed by atoms with Crippen molar-refractivity contribution >= 4 is 23.0 Å². The normalized spacial score (nSPS) is 9.67. The zero-order valence-corrected chi connectivity index (χ0v) is 7.85. The van der Waals surface area contributed by atoms with E-state index in [1.165, 1.54) is 6.92 Å². The smallest absolute Gasteiger partial charge is 0.298 e. The van der Waals surface area contributed by atoms with E-state index in [-0.39, 0.29) is 11.4 Å². The molecule has 1 rings (SSSR count). The molecular weight excluding hydrogens is 202 g/mol. The molecule has 0 bridgehead atoms. The number of nitrogen functional groups attached to an aromatic ring is 1. The highest BCUT2D eigenvalue weighted by atomic mass is 16.6. The van der Waals surface area contributed by atoms with Crippen molar-refractivity contribution in [2.24, 2.45) is 0 Å². The fraction of sp³-hybridized carbons (Fsp3) is 0.125. The van der Waals surface area contributed by atoms with Gasteiger partial charge in [-0.15, -0.1) is 0 Å². The van der Waals surface area contributed by atoms with Crippen molar-refractivity contribution in [2.75, 3.05) is 11.1 Å². The van der Waals surface area contributed by atoms with Crippen LogP contribution in [0, 0.1) is 10.1 Å². The number of nitro benzene ring substituents is 1. The molecule has 15 heavy (non-hydrogen) atoms. The summed E-state index contributed by atoms with van der Waals surface area (Å²) in [6, 6.07) is 2.22. The number of nitro groups is 1. The summed E-state index contributed by atoms with van der Waals surface area (Å²) in [7, 11) is 0. The molecule has 1 aromatic carbocycles. The Labute approximate surface area is 84.7 Å². The van der Waals surface area contributed by atoms with Crippen molar-refractivity contribution in [3.8, 4) is 5.75 Å². The van der Waals surface area contributed by atoms with E-state index >= 15 is 0 Å². The van der Waals surface area contributed by atoms with Crippen LogP contribution in [0.15, 0.2) is 12.1 Å². The van der Waals surface area contributed by atoms with Crippen LogP contribution < -0.4 is 11.1 Å². The minimum absolute atomic E-state index is 0.126. The summed E-state index contributed by atoms with van der Waals surface area (Å²) < 4.78 is 0. The van der Waals surface area contributed by atoms with Crippen molar-refractivity contribution in [3.05, 3.63) is 22.2 Å². The van der Waals surface area contributed by atoms with Crippen LogP contribution in [0.3, 0.4) is 0 Å². The number of amides is 1. The van der Waals surface area contributed by atoms with E-state index in [1.807, 2.05) is 0 Å². The Morgan fingerprint density at radius 2 is 2.20 bits per heavy atom. The molecule has 0 aromatic heterocycles. The largest absolute Gasteiger partial charge is 0.505 e. The van der Waals surface area contributed by atoms with E-state index in [2.05, 4.69) is 5.32 Å². The molecular formula is C8H9N3O4. The molecule has 0 saturated heterocycles. The molecule has 0 radical (unpaired) electrons. The van der Waals surface area contributed by atoms with Crippen LogP contribution in [0.4, 0.5) is 17.1 Å². The summed E-state index contributed by atoms with van der Waals surface area (Å²) in [6.07, 6.45) is 0. The Balaban J connectivity index is 3.23. The molecule has 0 fully saturated rings. The van der Waals surface area contributed by atoms with Gasteiger partial charge in [0.1, 0.15) is 5.75 Å². The number of nitrogens with two attached hydrogens (primary N) is 1. The average molecular weight is 211 g/mol. The molecule has 80 valence electrons. The second-order valence-corrected chi connectivity index (χ2v) is 2.87. The van der Waals surface area contributed by atoms with Gasteiger partial charge < -0.3 is 16.2 Å². The number of nitrogens with one attached hydrogen (secondary N) is 1. The van der Waals surface area contributed by atoms with Crippen molar-refractivity contribution in [2.45, 2.75) is 6.92 Å². The monoisotopic (exact) mass is 211 g/mol. The number of carbonyl (C=O) groups excluding carboxylic acids is 1.